The Morgan fingerprint density at radius 3 is 2.41 bits per heavy atom. The van der Waals surface area contributed by atoms with Crippen LogP contribution in [0.3, 0.4) is 0 Å². The molecule has 0 fully saturated rings. The molecule has 17 heavy (non-hydrogen) atoms. The number of carbonyl (C=O) groups excluding carboxylic acids is 2. The van der Waals surface area contributed by atoms with Crippen LogP contribution in [-0.2, 0) is 9.59 Å². The number of halogens is 2. The summed E-state index contributed by atoms with van der Waals surface area (Å²) in [5.74, 6) is -3.45. The molecule has 2 amide bonds. The SMILES string of the molecule is CC(C)NC(=O)C(=O)Nc1cc(F)ccc1F. The van der Waals surface area contributed by atoms with E-state index in [9.17, 15) is 18.4 Å². The number of carbonyl (C=O) groups is 2. The van der Waals surface area contributed by atoms with Crippen molar-refractivity contribution in [3.05, 3.63) is 29.8 Å². The minimum Gasteiger partial charge on any atom is -0.346 e. The van der Waals surface area contributed by atoms with Gasteiger partial charge in [-0.05, 0) is 26.0 Å². The molecule has 0 heterocycles. The van der Waals surface area contributed by atoms with Crippen molar-refractivity contribution < 1.29 is 18.4 Å². The van der Waals surface area contributed by atoms with Crippen molar-refractivity contribution in [2.24, 2.45) is 0 Å². The van der Waals surface area contributed by atoms with Gasteiger partial charge in [-0.2, -0.15) is 0 Å². The second-order valence-electron chi connectivity index (χ2n) is 3.71. The number of benzene rings is 1. The molecule has 0 aliphatic rings. The van der Waals surface area contributed by atoms with Gasteiger partial charge in [0.15, 0.2) is 0 Å². The third-order valence-electron chi connectivity index (χ3n) is 1.80. The normalized spacial score (nSPS) is 10.2. The molecule has 2 N–H and O–H groups in total. The van der Waals surface area contributed by atoms with Crippen LogP contribution in [0, 0.1) is 11.6 Å². The molecular weight excluding hydrogens is 230 g/mol. The fourth-order valence-corrected chi connectivity index (χ4v) is 1.10. The molecule has 0 atom stereocenters. The smallest absolute Gasteiger partial charge is 0.313 e. The second kappa shape index (κ2) is 5.38. The van der Waals surface area contributed by atoms with Crippen LogP contribution in [0.4, 0.5) is 14.5 Å². The van der Waals surface area contributed by atoms with Crippen LogP contribution >= 0.6 is 0 Å². The molecule has 4 nitrogen and oxygen atoms in total. The van der Waals surface area contributed by atoms with Gasteiger partial charge in [-0.25, -0.2) is 8.78 Å². The lowest BCUT2D eigenvalue weighted by Crippen LogP contribution is -2.39. The van der Waals surface area contributed by atoms with Crippen LogP contribution in [0.1, 0.15) is 13.8 Å². The van der Waals surface area contributed by atoms with E-state index in [1.54, 1.807) is 13.8 Å². The Morgan fingerprint density at radius 2 is 1.82 bits per heavy atom. The second-order valence-corrected chi connectivity index (χ2v) is 3.71. The lowest BCUT2D eigenvalue weighted by Gasteiger charge is -2.09. The molecule has 0 radical (unpaired) electrons. The molecule has 92 valence electrons. The van der Waals surface area contributed by atoms with Crippen molar-refractivity contribution in [2.45, 2.75) is 19.9 Å². The zero-order valence-electron chi connectivity index (χ0n) is 9.38. The van der Waals surface area contributed by atoms with Gasteiger partial charge >= 0.3 is 11.8 Å². The highest BCUT2D eigenvalue weighted by atomic mass is 19.1. The summed E-state index contributed by atoms with van der Waals surface area (Å²) >= 11 is 0. The van der Waals surface area contributed by atoms with E-state index in [1.165, 1.54) is 0 Å². The lowest BCUT2D eigenvalue weighted by atomic mass is 10.3. The van der Waals surface area contributed by atoms with Crippen molar-refractivity contribution in [3.8, 4) is 0 Å². The van der Waals surface area contributed by atoms with Crippen LogP contribution in [0.25, 0.3) is 0 Å². The maximum atomic E-state index is 13.1. The Balaban J connectivity index is 2.74. The van der Waals surface area contributed by atoms with Crippen molar-refractivity contribution in [1.82, 2.24) is 5.32 Å². The molecule has 1 aromatic carbocycles. The van der Waals surface area contributed by atoms with E-state index < -0.39 is 23.4 Å². The van der Waals surface area contributed by atoms with Crippen molar-refractivity contribution in [1.29, 1.82) is 0 Å². The first-order valence-electron chi connectivity index (χ1n) is 4.97. The van der Waals surface area contributed by atoms with Gasteiger partial charge in [-0.15, -0.1) is 0 Å². The van der Waals surface area contributed by atoms with E-state index in [0.29, 0.717) is 0 Å². The molecule has 0 saturated carbocycles. The first kappa shape index (κ1) is 13.1. The molecule has 1 rings (SSSR count). The lowest BCUT2D eigenvalue weighted by molar-refractivity contribution is -0.136. The van der Waals surface area contributed by atoms with E-state index in [2.05, 4.69) is 5.32 Å². The molecule has 0 spiro atoms. The Morgan fingerprint density at radius 1 is 1.18 bits per heavy atom. The van der Waals surface area contributed by atoms with Gasteiger partial charge in [-0.1, -0.05) is 0 Å². The highest BCUT2D eigenvalue weighted by Crippen LogP contribution is 2.14. The van der Waals surface area contributed by atoms with Crippen molar-refractivity contribution >= 4 is 17.5 Å². The fraction of sp³-hybridized carbons (Fsp3) is 0.273. The van der Waals surface area contributed by atoms with E-state index >= 15 is 0 Å². The van der Waals surface area contributed by atoms with Crippen LogP contribution in [0.2, 0.25) is 0 Å². The van der Waals surface area contributed by atoms with Gasteiger partial charge in [0, 0.05) is 12.1 Å². The number of anilines is 1. The molecule has 0 unspecified atom stereocenters. The van der Waals surface area contributed by atoms with Gasteiger partial charge in [-0.3, -0.25) is 9.59 Å². The average Bonchev–Trinajstić information content (AvgIpc) is 2.22. The summed E-state index contributed by atoms with van der Waals surface area (Å²) in [6.45, 7) is 3.35. The van der Waals surface area contributed by atoms with E-state index in [4.69, 9.17) is 0 Å². The van der Waals surface area contributed by atoms with Gasteiger partial charge < -0.3 is 10.6 Å². The molecule has 1 aromatic rings. The molecule has 0 aromatic heterocycles. The fourth-order valence-electron chi connectivity index (χ4n) is 1.10. The highest BCUT2D eigenvalue weighted by Gasteiger charge is 2.16. The quantitative estimate of drug-likeness (QED) is 0.771. The van der Waals surface area contributed by atoms with Gasteiger partial charge in [0.05, 0.1) is 5.69 Å². The molecule has 0 aliphatic carbocycles. The number of rotatable bonds is 2. The molecular formula is C11H12F2N2O2. The number of amides is 2. The summed E-state index contributed by atoms with van der Waals surface area (Å²) in [7, 11) is 0. The topological polar surface area (TPSA) is 58.2 Å². The van der Waals surface area contributed by atoms with Crippen molar-refractivity contribution in [3.63, 3.8) is 0 Å². The zero-order chi connectivity index (χ0) is 13.0. The maximum absolute atomic E-state index is 13.1. The zero-order valence-corrected chi connectivity index (χ0v) is 9.38. The minimum absolute atomic E-state index is 0.217. The molecule has 0 aliphatic heterocycles. The predicted molar refractivity (Wildman–Crippen MR) is 58.3 cm³/mol. The minimum atomic E-state index is -1.04. The Kier molecular flexibility index (Phi) is 4.14. The van der Waals surface area contributed by atoms with Crippen molar-refractivity contribution in [2.75, 3.05) is 5.32 Å². The van der Waals surface area contributed by atoms with Crippen LogP contribution in [0.5, 0.6) is 0 Å². The molecule has 6 heteroatoms. The Hall–Kier alpha value is -1.98. The summed E-state index contributed by atoms with van der Waals surface area (Å²) in [4.78, 5) is 22.5. The predicted octanol–water partition coefficient (Wildman–Crippen LogP) is 1.43. The maximum Gasteiger partial charge on any atom is 0.313 e. The third-order valence-corrected chi connectivity index (χ3v) is 1.80. The average molecular weight is 242 g/mol. The Labute approximate surface area is 97.0 Å². The third kappa shape index (κ3) is 3.82. The summed E-state index contributed by atoms with van der Waals surface area (Å²) in [5.41, 5.74) is -0.367. The van der Waals surface area contributed by atoms with Gasteiger partial charge in [0.25, 0.3) is 0 Å². The molecule has 0 bridgehead atoms. The number of hydrogen-bond acceptors (Lipinski definition) is 2. The molecule has 0 saturated heterocycles. The summed E-state index contributed by atoms with van der Waals surface area (Å²) in [6, 6.07) is 2.37. The largest absolute Gasteiger partial charge is 0.346 e. The summed E-state index contributed by atoms with van der Waals surface area (Å²) in [5, 5.41) is 4.32. The van der Waals surface area contributed by atoms with E-state index in [0.717, 1.165) is 18.2 Å². The van der Waals surface area contributed by atoms with Crippen LogP contribution in [-0.4, -0.2) is 17.9 Å². The van der Waals surface area contributed by atoms with Crippen LogP contribution in [0.15, 0.2) is 18.2 Å². The Bertz CT molecular complexity index is 447. The first-order valence-corrected chi connectivity index (χ1v) is 4.97. The summed E-state index contributed by atoms with van der Waals surface area (Å²) in [6.07, 6.45) is 0. The van der Waals surface area contributed by atoms with Gasteiger partial charge in [0.1, 0.15) is 11.6 Å². The van der Waals surface area contributed by atoms with Crippen LogP contribution < -0.4 is 10.6 Å². The standard InChI is InChI=1S/C11H12F2N2O2/c1-6(2)14-10(16)11(17)15-9-5-7(12)3-4-8(9)13/h3-6H,1-2H3,(H,14,16)(H,15,17). The van der Waals surface area contributed by atoms with E-state index in [1.807, 2.05) is 5.32 Å². The highest BCUT2D eigenvalue weighted by molar-refractivity contribution is 6.39. The summed E-state index contributed by atoms with van der Waals surface area (Å²) < 4.78 is 25.9. The monoisotopic (exact) mass is 242 g/mol. The van der Waals surface area contributed by atoms with Gasteiger partial charge in [0.2, 0.25) is 0 Å². The first-order chi connectivity index (χ1) is 7.90. The number of nitrogens with one attached hydrogen (secondary N) is 2. The number of hydrogen-bond donors (Lipinski definition) is 2. The van der Waals surface area contributed by atoms with E-state index in [-0.39, 0.29) is 11.7 Å².